The van der Waals surface area contributed by atoms with E-state index in [4.69, 9.17) is 9.72 Å². The molecule has 0 N–H and O–H groups in total. The van der Waals surface area contributed by atoms with Crippen molar-refractivity contribution in [2.24, 2.45) is 0 Å². The van der Waals surface area contributed by atoms with Crippen LogP contribution in [0.1, 0.15) is 33.9 Å². The number of aryl methyl sites for hydroxylation is 2. The molecule has 30 heavy (non-hydrogen) atoms. The Morgan fingerprint density at radius 1 is 1.17 bits per heavy atom. The summed E-state index contributed by atoms with van der Waals surface area (Å²) in [6.45, 7) is 5.18. The molecule has 0 saturated heterocycles. The quantitative estimate of drug-likeness (QED) is 0.471. The van der Waals surface area contributed by atoms with Gasteiger partial charge in [-0.25, -0.2) is 4.98 Å². The van der Waals surface area contributed by atoms with Gasteiger partial charge in [-0.15, -0.1) is 11.3 Å². The minimum atomic E-state index is 0.0820. The molecule has 0 spiro atoms. The fraction of sp³-hybridized carbons (Fsp3) is 0.208. The molecule has 0 saturated carbocycles. The Balaban J connectivity index is 1.40. The predicted octanol–water partition coefficient (Wildman–Crippen LogP) is 4.99. The molecule has 0 fully saturated rings. The minimum absolute atomic E-state index is 0.0820. The molecule has 4 aromatic rings. The normalized spacial score (nSPS) is 14.4. The van der Waals surface area contributed by atoms with Crippen molar-refractivity contribution in [3.8, 4) is 5.75 Å². The lowest BCUT2D eigenvalue weighted by Gasteiger charge is -2.06. The number of hydrogen-bond donors (Lipinski definition) is 0. The van der Waals surface area contributed by atoms with Gasteiger partial charge in [-0.1, -0.05) is 18.2 Å². The van der Waals surface area contributed by atoms with E-state index >= 15 is 0 Å². The van der Waals surface area contributed by atoms with Gasteiger partial charge in [0.2, 0.25) is 0 Å². The summed E-state index contributed by atoms with van der Waals surface area (Å²) in [6, 6.07) is 13.8. The van der Waals surface area contributed by atoms with Gasteiger partial charge in [0.1, 0.15) is 23.0 Å². The first kappa shape index (κ1) is 18.8. The smallest absolute Gasteiger partial charge is 0.262 e. The summed E-state index contributed by atoms with van der Waals surface area (Å²) in [6.07, 6.45) is 4.70. The predicted molar refractivity (Wildman–Crippen MR) is 121 cm³/mol. The molecule has 150 valence electrons. The van der Waals surface area contributed by atoms with Crippen LogP contribution in [0.4, 0.5) is 0 Å². The number of rotatable bonds is 4. The van der Waals surface area contributed by atoms with Gasteiger partial charge >= 0.3 is 0 Å². The van der Waals surface area contributed by atoms with E-state index < -0.39 is 0 Å². The van der Waals surface area contributed by atoms with Gasteiger partial charge in [-0.2, -0.15) is 0 Å². The Kier molecular flexibility index (Phi) is 4.71. The molecule has 1 aliphatic heterocycles. The molecule has 0 amide bonds. The van der Waals surface area contributed by atoms with Gasteiger partial charge in [0.25, 0.3) is 5.56 Å². The highest BCUT2D eigenvalue weighted by atomic mass is 32.1. The summed E-state index contributed by atoms with van der Waals surface area (Å²) in [7, 11) is 0. The zero-order valence-corrected chi connectivity index (χ0v) is 17.7. The molecule has 4 heterocycles. The third-order valence-electron chi connectivity index (χ3n) is 5.51. The van der Waals surface area contributed by atoms with Crippen molar-refractivity contribution in [2.45, 2.75) is 33.4 Å². The summed E-state index contributed by atoms with van der Waals surface area (Å²) in [4.78, 5) is 24.1. The van der Waals surface area contributed by atoms with E-state index in [0.717, 1.165) is 55.5 Å². The third kappa shape index (κ3) is 3.33. The number of aromatic nitrogens is 3. The first-order valence-corrected chi connectivity index (χ1v) is 10.8. The van der Waals surface area contributed by atoms with Crippen LogP contribution in [0.25, 0.3) is 21.9 Å². The number of pyridine rings is 1. The van der Waals surface area contributed by atoms with Gasteiger partial charge in [0, 0.05) is 17.6 Å². The standard InChI is InChI=1S/C24H21N3O2S/c1-15-16(2)30-23-21(15)24(28)27-12-10-18(22(27)26-23)13-17-6-8-20(9-7-17)29-14-19-5-3-4-11-25-19/h3-9,11,13H,10,12,14H2,1-2H3. The molecule has 0 atom stereocenters. The molecule has 0 unspecified atom stereocenters. The van der Waals surface area contributed by atoms with E-state index in [1.165, 1.54) is 0 Å². The topological polar surface area (TPSA) is 57.0 Å². The Morgan fingerprint density at radius 3 is 2.77 bits per heavy atom. The Hall–Kier alpha value is -3.25. The third-order valence-corrected chi connectivity index (χ3v) is 6.62. The van der Waals surface area contributed by atoms with Crippen molar-refractivity contribution < 1.29 is 4.74 Å². The molecule has 0 aliphatic carbocycles. The van der Waals surface area contributed by atoms with Crippen LogP contribution in [0.2, 0.25) is 0 Å². The van der Waals surface area contributed by atoms with E-state index in [-0.39, 0.29) is 5.56 Å². The lowest BCUT2D eigenvalue weighted by molar-refractivity contribution is 0.301. The molecule has 1 aliphatic rings. The molecular weight excluding hydrogens is 394 g/mol. The molecule has 0 bridgehead atoms. The van der Waals surface area contributed by atoms with Gasteiger partial charge < -0.3 is 4.74 Å². The average molecular weight is 416 g/mol. The second kappa shape index (κ2) is 7.54. The molecule has 3 aromatic heterocycles. The first-order valence-electron chi connectivity index (χ1n) is 9.94. The average Bonchev–Trinajstić information content (AvgIpc) is 3.29. The van der Waals surface area contributed by atoms with Crippen LogP contribution < -0.4 is 10.3 Å². The van der Waals surface area contributed by atoms with E-state index in [0.29, 0.717) is 13.2 Å². The first-order chi connectivity index (χ1) is 14.6. The molecule has 0 radical (unpaired) electrons. The fourth-order valence-corrected chi connectivity index (χ4v) is 4.78. The van der Waals surface area contributed by atoms with E-state index in [1.54, 1.807) is 17.5 Å². The van der Waals surface area contributed by atoms with Crippen LogP contribution >= 0.6 is 11.3 Å². The van der Waals surface area contributed by atoms with Gasteiger partial charge in [0.15, 0.2) is 0 Å². The summed E-state index contributed by atoms with van der Waals surface area (Å²) in [5.41, 5.74) is 4.20. The second-order valence-electron chi connectivity index (χ2n) is 7.45. The Bertz CT molecular complexity index is 1320. The van der Waals surface area contributed by atoms with Gasteiger partial charge in [-0.05, 0) is 67.3 Å². The molecule has 5 rings (SSSR count). The molecule has 6 heteroatoms. The second-order valence-corrected chi connectivity index (χ2v) is 8.66. The summed E-state index contributed by atoms with van der Waals surface area (Å²) < 4.78 is 7.63. The zero-order chi connectivity index (χ0) is 20.7. The lowest BCUT2D eigenvalue weighted by Crippen LogP contribution is -2.20. The van der Waals surface area contributed by atoms with Crippen LogP contribution in [-0.4, -0.2) is 14.5 Å². The maximum absolute atomic E-state index is 13.0. The molecular formula is C24H21N3O2S. The fourth-order valence-electron chi connectivity index (χ4n) is 3.76. The van der Waals surface area contributed by atoms with Crippen molar-refractivity contribution in [3.63, 3.8) is 0 Å². The lowest BCUT2D eigenvalue weighted by atomic mass is 10.1. The van der Waals surface area contributed by atoms with E-state index in [2.05, 4.69) is 11.1 Å². The zero-order valence-electron chi connectivity index (χ0n) is 16.9. The molecule has 1 aromatic carbocycles. The van der Waals surface area contributed by atoms with Crippen molar-refractivity contribution in [3.05, 3.63) is 86.5 Å². The van der Waals surface area contributed by atoms with Crippen molar-refractivity contribution >= 4 is 33.2 Å². The maximum atomic E-state index is 13.0. The summed E-state index contributed by atoms with van der Waals surface area (Å²) in [5.74, 6) is 1.60. The summed E-state index contributed by atoms with van der Waals surface area (Å²) in [5, 5.41) is 0.775. The highest BCUT2D eigenvalue weighted by molar-refractivity contribution is 7.18. The number of nitrogens with zero attached hydrogens (tertiary/aromatic N) is 3. The number of allylic oxidation sites excluding steroid dienone is 1. The SMILES string of the molecule is Cc1sc2nc3n(c(=O)c2c1C)CCC3=Cc1ccc(OCc2ccccn2)cc1. The van der Waals surface area contributed by atoms with Crippen molar-refractivity contribution in [1.29, 1.82) is 0 Å². The Labute approximate surface area is 178 Å². The van der Waals surface area contributed by atoms with E-state index in [9.17, 15) is 4.79 Å². The van der Waals surface area contributed by atoms with E-state index in [1.807, 2.05) is 60.9 Å². The highest BCUT2D eigenvalue weighted by Crippen LogP contribution is 2.32. The highest BCUT2D eigenvalue weighted by Gasteiger charge is 2.23. The van der Waals surface area contributed by atoms with Crippen LogP contribution in [-0.2, 0) is 13.2 Å². The van der Waals surface area contributed by atoms with Gasteiger partial charge in [-0.3, -0.25) is 14.3 Å². The number of thiophene rings is 1. The van der Waals surface area contributed by atoms with Crippen LogP contribution in [0.5, 0.6) is 5.75 Å². The molecule has 5 nitrogen and oxygen atoms in total. The number of fused-ring (bicyclic) bond motifs is 2. The Morgan fingerprint density at radius 2 is 2.00 bits per heavy atom. The minimum Gasteiger partial charge on any atom is -0.487 e. The van der Waals surface area contributed by atoms with Crippen molar-refractivity contribution in [1.82, 2.24) is 14.5 Å². The number of ether oxygens (including phenoxy) is 1. The summed E-state index contributed by atoms with van der Waals surface area (Å²) >= 11 is 1.60. The number of hydrogen-bond acceptors (Lipinski definition) is 5. The van der Waals surface area contributed by atoms with Crippen LogP contribution in [0.15, 0.2) is 53.5 Å². The van der Waals surface area contributed by atoms with Crippen LogP contribution in [0.3, 0.4) is 0 Å². The number of benzene rings is 1. The largest absolute Gasteiger partial charge is 0.487 e. The van der Waals surface area contributed by atoms with Crippen molar-refractivity contribution in [2.75, 3.05) is 0 Å². The monoisotopic (exact) mass is 415 g/mol. The van der Waals surface area contributed by atoms with Gasteiger partial charge in [0.05, 0.1) is 11.1 Å². The van der Waals surface area contributed by atoms with Crippen LogP contribution in [0, 0.1) is 13.8 Å². The maximum Gasteiger partial charge on any atom is 0.262 e.